The number of alkyl halides is 1. The van der Waals surface area contributed by atoms with E-state index in [9.17, 15) is 0 Å². The largest absolute Gasteiger partial charge is 0.311 e. The fourth-order valence-electron chi connectivity index (χ4n) is 3.25. The maximum absolute atomic E-state index is 6.35. The highest BCUT2D eigenvalue weighted by Crippen LogP contribution is 2.28. The standard InChI is InChI=1S/C16H23ClN4/c1-4-20-8-6-13(9-20)10-21-15(12(3)17)19-14-11(2)5-7-18-16(14)21/h5,7,12-13H,4,6,8-10H2,1-3H3. The first kappa shape index (κ1) is 14.8. The number of hydrogen-bond acceptors (Lipinski definition) is 3. The second-order valence-electron chi connectivity index (χ2n) is 6.04. The Bertz CT molecular complexity index is 634. The van der Waals surface area contributed by atoms with E-state index in [2.05, 4.69) is 28.3 Å². The molecule has 0 N–H and O–H groups in total. The minimum atomic E-state index is -0.0951. The van der Waals surface area contributed by atoms with E-state index < -0.39 is 0 Å². The zero-order valence-corrected chi connectivity index (χ0v) is 13.8. The molecule has 0 aromatic carbocycles. The van der Waals surface area contributed by atoms with E-state index in [0.29, 0.717) is 5.92 Å². The second-order valence-corrected chi connectivity index (χ2v) is 6.70. The van der Waals surface area contributed by atoms with Gasteiger partial charge in [-0.05, 0) is 50.9 Å². The van der Waals surface area contributed by atoms with Crippen molar-refractivity contribution < 1.29 is 0 Å². The molecule has 2 unspecified atom stereocenters. The van der Waals surface area contributed by atoms with E-state index in [-0.39, 0.29) is 5.38 Å². The number of halogens is 1. The molecule has 0 saturated carbocycles. The minimum Gasteiger partial charge on any atom is -0.311 e. The molecule has 0 aliphatic carbocycles. The molecule has 1 fully saturated rings. The third-order valence-corrected chi connectivity index (χ3v) is 4.67. The predicted molar refractivity (Wildman–Crippen MR) is 86.8 cm³/mol. The molecule has 21 heavy (non-hydrogen) atoms. The van der Waals surface area contributed by atoms with Crippen LogP contribution in [0.25, 0.3) is 11.2 Å². The normalized spacial score (nSPS) is 21.2. The number of aryl methyl sites for hydroxylation is 1. The molecule has 5 heteroatoms. The Hall–Kier alpha value is -1.13. The fraction of sp³-hybridized carbons (Fsp3) is 0.625. The van der Waals surface area contributed by atoms with Crippen molar-refractivity contribution in [2.45, 2.75) is 39.1 Å². The molecular formula is C16H23ClN4. The van der Waals surface area contributed by atoms with Crippen molar-refractivity contribution >= 4 is 22.8 Å². The zero-order valence-electron chi connectivity index (χ0n) is 13.0. The van der Waals surface area contributed by atoms with Crippen molar-refractivity contribution in [3.63, 3.8) is 0 Å². The molecule has 2 aromatic rings. The predicted octanol–water partition coefficient (Wildman–Crippen LogP) is 3.38. The van der Waals surface area contributed by atoms with Gasteiger partial charge in [-0.15, -0.1) is 11.6 Å². The molecule has 1 saturated heterocycles. The van der Waals surface area contributed by atoms with Gasteiger partial charge in [-0.2, -0.15) is 0 Å². The Morgan fingerprint density at radius 2 is 2.29 bits per heavy atom. The highest BCUT2D eigenvalue weighted by molar-refractivity contribution is 6.20. The Morgan fingerprint density at radius 1 is 1.48 bits per heavy atom. The summed E-state index contributed by atoms with van der Waals surface area (Å²) in [5.41, 5.74) is 3.14. The summed E-state index contributed by atoms with van der Waals surface area (Å²) in [4.78, 5) is 11.8. The minimum absolute atomic E-state index is 0.0951. The van der Waals surface area contributed by atoms with Crippen LogP contribution in [0.15, 0.2) is 12.3 Å². The van der Waals surface area contributed by atoms with E-state index in [1.165, 1.54) is 18.5 Å². The van der Waals surface area contributed by atoms with Crippen molar-refractivity contribution in [1.82, 2.24) is 19.4 Å². The zero-order chi connectivity index (χ0) is 15.0. The summed E-state index contributed by atoms with van der Waals surface area (Å²) in [5.74, 6) is 1.61. The van der Waals surface area contributed by atoms with Gasteiger partial charge in [0.2, 0.25) is 0 Å². The molecule has 2 aromatic heterocycles. The van der Waals surface area contributed by atoms with Crippen LogP contribution in [0.5, 0.6) is 0 Å². The van der Waals surface area contributed by atoms with Gasteiger partial charge < -0.3 is 9.47 Å². The lowest BCUT2D eigenvalue weighted by atomic mass is 10.1. The SMILES string of the molecule is CCN1CCC(Cn2c(C(C)Cl)nc3c(C)ccnc32)C1. The number of pyridine rings is 1. The number of fused-ring (bicyclic) bond motifs is 1. The summed E-state index contributed by atoms with van der Waals surface area (Å²) in [6, 6.07) is 2.01. The van der Waals surface area contributed by atoms with Crippen LogP contribution in [0.2, 0.25) is 0 Å². The van der Waals surface area contributed by atoms with E-state index >= 15 is 0 Å². The summed E-state index contributed by atoms with van der Waals surface area (Å²) in [7, 11) is 0. The van der Waals surface area contributed by atoms with Gasteiger partial charge in [0.15, 0.2) is 5.65 Å². The van der Waals surface area contributed by atoms with E-state index in [4.69, 9.17) is 16.6 Å². The molecule has 0 spiro atoms. The van der Waals surface area contributed by atoms with Crippen LogP contribution in [0, 0.1) is 12.8 Å². The molecule has 1 aliphatic rings. The molecule has 0 amide bonds. The maximum atomic E-state index is 6.35. The fourth-order valence-corrected chi connectivity index (χ4v) is 3.41. The number of imidazole rings is 1. The number of rotatable bonds is 4. The average molecular weight is 307 g/mol. The van der Waals surface area contributed by atoms with Crippen LogP contribution in [0.1, 0.15) is 37.0 Å². The third-order valence-electron chi connectivity index (χ3n) is 4.48. The monoisotopic (exact) mass is 306 g/mol. The lowest BCUT2D eigenvalue weighted by Crippen LogP contribution is -2.22. The molecule has 3 rings (SSSR count). The molecule has 0 bridgehead atoms. The molecule has 4 nitrogen and oxygen atoms in total. The first-order valence-corrected chi connectivity index (χ1v) is 8.22. The summed E-state index contributed by atoms with van der Waals surface area (Å²) in [5, 5.41) is -0.0951. The molecule has 1 aliphatic heterocycles. The highest BCUT2D eigenvalue weighted by atomic mass is 35.5. The van der Waals surface area contributed by atoms with Crippen LogP contribution in [0.4, 0.5) is 0 Å². The Labute approximate surface area is 131 Å². The average Bonchev–Trinajstić information content (AvgIpc) is 3.05. The summed E-state index contributed by atoms with van der Waals surface area (Å²) in [6.07, 6.45) is 3.11. The van der Waals surface area contributed by atoms with Crippen LogP contribution in [-0.4, -0.2) is 39.1 Å². The van der Waals surface area contributed by atoms with E-state index in [0.717, 1.165) is 36.6 Å². The van der Waals surface area contributed by atoms with Gasteiger partial charge in [-0.3, -0.25) is 0 Å². The summed E-state index contributed by atoms with van der Waals surface area (Å²) >= 11 is 6.35. The first-order chi connectivity index (χ1) is 10.1. The quantitative estimate of drug-likeness (QED) is 0.812. The molecule has 2 atom stereocenters. The Morgan fingerprint density at radius 3 is 2.95 bits per heavy atom. The van der Waals surface area contributed by atoms with E-state index in [1.54, 1.807) is 0 Å². The van der Waals surface area contributed by atoms with Gasteiger partial charge in [0.05, 0.1) is 5.38 Å². The molecule has 3 heterocycles. The maximum Gasteiger partial charge on any atom is 0.160 e. The molecule has 114 valence electrons. The van der Waals surface area contributed by atoms with Crippen molar-refractivity contribution in [2.24, 2.45) is 5.92 Å². The number of likely N-dealkylation sites (tertiary alicyclic amines) is 1. The second kappa shape index (κ2) is 5.93. The summed E-state index contributed by atoms with van der Waals surface area (Å²) < 4.78 is 2.24. The lowest BCUT2D eigenvalue weighted by Gasteiger charge is -2.16. The van der Waals surface area contributed by atoms with Crippen molar-refractivity contribution in [1.29, 1.82) is 0 Å². The van der Waals surface area contributed by atoms with E-state index in [1.807, 2.05) is 19.2 Å². The van der Waals surface area contributed by atoms with Crippen LogP contribution in [-0.2, 0) is 6.54 Å². The summed E-state index contributed by atoms with van der Waals surface area (Å²) in [6.45, 7) is 10.8. The lowest BCUT2D eigenvalue weighted by molar-refractivity contribution is 0.332. The number of nitrogens with zero attached hydrogens (tertiary/aromatic N) is 4. The van der Waals surface area contributed by atoms with Gasteiger partial charge in [0, 0.05) is 19.3 Å². The van der Waals surface area contributed by atoms with Gasteiger partial charge in [0.25, 0.3) is 0 Å². The third kappa shape index (κ3) is 2.79. The molecule has 0 radical (unpaired) electrons. The molecular weight excluding hydrogens is 284 g/mol. The van der Waals surface area contributed by atoms with Crippen LogP contribution < -0.4 is 0 Å². The number of aromatic nitrogens is 3. The topological polar surface area (TPSA) is 34.0 Å². The smallest absolute Gasteiger partial charge is 0.160 e. The highest BCUT2D eigenvalue weighted by Gasteiger charge is 2.25. The van der Waals surface area contributed by atoms with Crippen LogP contribution in [0.3, 0.4) is 0 Å². The Balaban J connectivity index is 1.96. The van der Waals surface area contributed by atoms with Gasteiger partial charge in [-0.25, -0.2) is 9.97 Å². The van der Waals surface area contributed by atoms with Gasteiger partial charge in [-0.1, -0.05) is 6.92 Å². The number of hydrogen-bond donors (Lipinski definition) is 0. The Kier molecular flexibility index (Phi) is 4.18. The van der Waals surface area contributed by atoms with Crippen molar-refractivity contribution in [3.8, 4) is 0 Å². The van der Waals surface area contributed by atoms with Gasteiger partial charge in [0.1, 0.15) is 11.3 Å². The first-order valence-electron chi connectivity index (χ1n) is 7.78. The van der Waals surface area contributed by atoms with Crippen LogP contribution >= 0.6 is 11.6 Å². The van der Waals surface area contributed by atoms with Gasteiger partial charge >= 0.3 is 0 Å². The van der Waals surface area contributed by atoms with Crippen molar-refractivity contribution in [2.75, 3.05) is 19.6 Å². The van der Waals surface area contributed by atoms with Crippen molar-refractivity contribution in [3.05, 3.63) is 23.7 Å².